The Bertz CT molecular complexity index is 346. The SMILES string of the molecule is CC#CCC1C(=O)C[C@]2(C)CCC[C@]12C. The van der Waals surface area contributed by atoms with E-state index in [2.05, 4.69) is 25.7 Å². The predicted octanol–water partition coefficient (Wildman–Crippen LogP) is 3.19. The van der Waals surface area contributed by atoms with E-state index in [9.17, 15) is 4.79 Å². The summed E-state index contributed by atoms with van der Waals surface area (Å²) in [5, 5.41) is 0. The second kappa shape index (κ2) is 3.37. The van der Waals surface area contributed by atoms with Gasteiger partial charge in [-0.1, -0.05) is 20.3 Å². The molecule has 2 fully saturated rings. The van der Waals surface area contributed by atoms with Gasteiger partial charge in [-0.05, 0) is 30.6 Å². The maximum atomic E-state index is 12.0. The van der Waals surface area contributed by atoms with Gasteiger partial charge in [-0.25, -0.2) is 0 Å². The summed E-state index contributed by atoms with van der Waals surface area (Å²) < 4.78 is 0. The van der Waals surface area contributed by atoms with Crippen LogP contribution < -0.4 is 0 Å². The molecule has 82 valence electrons. The third kappa shape index (κ3) is 1.34. The molecule has 2 rings (SSSR count). The summed E-state index contributed by atoms with van der Waals surface area (Å²) in [5.74, 6) is 6.69. The number of rotatable bonds is 1. The molecule has 0 aromatic rings. The van der Waals surface area contributed by atoms with Gasteiger partial charge < -0.3 is 0 Å². The highest BCUT2D eigenvalue weighted by Gasteiger charge is 2.60. The first-order valence-corrected chi connectivity index (χ1v) is 5.96. The zero-order valence-corrected chi connectivity index (χ0v) is 10.0. The Morgan fingerprint density at radius 2 is 2.13 bits per heavy atom. The molecule has 15 heavy (non-hydrogen) atoms. The number of fused-ring (bicyclic) bond motifs is 1. The van der Waals surface area contributed by atoms with Crippen molar-refractivity contribution in [3.8, 4) is 11.8 Å². The average molecular weight is 204 g/mol. The van der Waals surface area contributed by atoms with Gasteiger partial charge in [0.05, 0.1) is 0 Å². The van der Waals surface area contributed by atoms with Crippen LogP contribution in [0.2, 0.25) is 0 Å². The molecule has 1 unspecified atom stereocenters. The van der Waals surface area contributed by atoms with E-state index >= 15 is 0 Å². The van der Waals surface area contributed by atoms with E-state index in [4.69, 9.17) is 0 Å². The lowest BCUT2D eigenvalue weighted by atomic mass is 9.66. The molecule has 0 aromatic heterocycles. The lowest BCUT2D eigenvalue weighted by Crippen LogP contribution is -2.32. The van der Waals surface area contributed by atoms with Crippen molar-refractivity contribution in [2.24, 2.45) is 16.7 Å². The molecule has 0 saturated heterocycles. The van der Waals surface area contributed by atoms with E-state index in [0.29, 0.717) is 5.78 Å². The number of hydrogen-bond donors (Lipinski definition) is 0. The standard InChI is InChI=1S/C14H20O/c1-4-5-7-11-12(15)10-13(2)8-6-9-14(11,13)3/h11H,6-10H2,1-3H3/t11?,13-,14+/m0/s1. The van der Waals surface area contributed by atoms with Gasteiger partial charge in [0.2, 0.25) is 0 Å². The van der Waals surface area contributed by atoms with Crippen LogP contribution in [0.4, 0.5) is 0 Å². The molecule has 0 heterocycles. The van der Waals surface area contributed by atoms with Gasteiger partial charge in [0.1, 0.15) is 5.78 Å². The van der Waals surface area contributed by atoms with Crippen LogP contribution in [0.1, 0.15) is 52.9 Å². The van der Waals surface area contributed by atoms with E-state index in [1.807, 2.05) is 6.92 Å². The van der Waals surface area contributed by atoms with Crippen molar-refractivity contribution in [2.75, 3.05) is 0 Å². The van der Waals surface area contributed by atoms with Gasteiger partial charge in [0.15, 0.2) is 0 Å². The Balaban J connectivity index is 2.30. The summed E-state index contributed by atoms with van der Waals surface area (Å²) in [5.41, 5.74) is 0.498. The minimum absolute atomic E-state index is 0.206. The molecule has 0 bridgehead atoms. The molecule has 0 spiro atoms. The average Bonchev–Trinajstić information content (AvgIpc) is 2.52. The van der Waals surface area contributed by atoms with Crippen molar-refractivity contribution >= 4 is 5.78 Å². The minimum Gasteiger partial charge on any atom is -0.299 e. The molecule has 0 N–H and O–H groups in total. The molecule has 2 saturated carbocycles. The van der Waals surface area contributed by atoms with Crippen LogP contribution in [0.5, 0.6) is 0 Å². The molecule has 3 atom stereocenters. The lowest BCUT2D eigenvalue weighted by Gasteiger charge is -2.37. The van der Waals surface area contributed by atoms with Crippen LogP contribution in [-0.4, -0.2) is 5.78 Å². The van der Waals surface area contributed by atoms with Crippen LogP contribution in [0.25, 0.3) is 0 Å². The van der Waals surface area contributed by atoms with Crippen molar-refractivity contribution in [2.45, 2.75) is 52.9 Å². The van der Waals surface area contributed by atoms with Crippen molar-refractivity contribution in [3.63, 3.8) is 0 Å². The molecule has 0 amide bonds. The minimum atomic E-state index is 0.206. The second-order valence-electron chi connectivity index (χ2n) is 5.66. The maximum absolute atomic E-state index is 12.0. The highest BCUT2D eigenvalue weighted by Crippen LogP contribution is 2.64. The van der Waals surface area contributed by atoms with Gasteiger partial charge in [-0.3, -0.25) is 4.79 Å². The van der Waals surface area contributed by atoms with E-state index in [1.165, 1.54) is 19.3 Å². The monoisotopic (exact) mass is 204 g/mol. The Labute approximate surface area is 92.6 Å². The van der Waals surface area contributed by atoms with Crippen LogP contribution >= 0.6 is 0 Å². The Kier molecular flexibility index (Phi) is 2.41. The maximum Gasteiger partial charge on any atom is 0.138 e. The number of Topliss-reactive ketones (excluding diaryl/α,β-unsaturated/α-hetero) is 1. The van der Waals surface area contributed by atoms with Gasteiger partial charge >= 0.3 is 0 Å². The summed E-state index contributed by atoms with van der Waals surface area (Å²) in [6.07, 6.45) is 5.30. The second-order valence-corrected chi connectivity index (χ2v) is 5.66. The zero-order valence-electron chi connectivity index (χ0n) is 10.0. The molecule has 2 aliphatic carbocycles. The third-order valence-corrected chi connectivity index (χ3v) is 5.01. The summed E-state index contributed by atoms with van der Waals surface area (Å²) >= 11 is 0. The summed E-state index contributed by atoms with van der Waals surface area (Å²) in [6.45, 7) is 6.47. The van der Waals surface area contributed by atoms with Crippen LogP contribution in [-0.2, 0) is 4.79 Å². The number of carbonyl (C=O) groups excluding carboxylic acids is 1. The molecule has 2 aliphatic rings. The van der Waals surface area contributed by atoms with Gasteiger partial charge in [0.25, 0.3) is 0 Å². The fourth-order valence-electron chi connectivity index (χ4n) is 3.72. The van der Waals surface area contributed by atoms with Crippen LogP contribution in [0.3, 0.4) is 0 Å². The molecular weight excluding hydrogens is 184 g/mol. The van der Waals surface area contributed by atoms with Gasteiger partial charge in [-0.15, -0.1) is 11.8 Å². The first-order chi connectivity index (χ1) is 7.03. The number of ketones is 1. The first-order valence-electron chi connectivity index (χ1n) is 5.96. The highest BCUT2D eigenvalue weighted by atomic mass is 16.1. The van der Waals surface area contributed by atoms with E-state index < -0.39 is 0 Å². The quantitative estimate of drug-likeness (QED) is 0.599. The van der Waals surface area contributed by atoms with E-state index in [-0.39, 0.29) is 16.7 Å². The molecule has 0 aromatic carbocycles. The Morgan fingerprint density at radius 1 is 1.40 bits per heavy atom. The molecule has 1 nitrogen and oxygen atoms in total. The third-order valence-electron chi connectivity index (χ3n) is 5.01. The largest absolute Gasteiger partial charge is 0.299 e. The first kappa shape index (κ1) is 10.7. The summed E-state index contributed by atoms with van der Waals surface area (Å²) in [6, 6.07) is 0. The van der Waals surface area contributed by atoms with Gasteiger partial charge in [-0.2, -0.15) is 0 Å². The molecule has 0 radical (unpaired) electrons. The number of carbonyl (C=O) groups is 1. The normalized spacial score (nSPS) is 43.7. The van der Waals surface area contributed by atoms with E-state index in [0.717, 1.165) is 12.8 Å². The fourth-order valence-corrected chi connectivity index (χ4v) is 3.72. The van der Waals surface area contributed by atoms with Crippen molar-refractivity contribution in [1.29, 1.82) is 0 Å². The predicted molar refractivity (Wildman–Crippen MR) is 61.2 cm³/mol. The van der Waals surface area contributed by atoms with Crippen molar-refractivity contribution < 1.29 is 4.79 Å². The van der Waals surface area contributed by atoms with Crippen LogP contribution in [0.15, 0.2) is 0 Å². The Morgan fingerprint density at radius 3 is 2.80 bits per heavy atom. The molecule has 1 heteroatoms. The molecular formula is C14H20O. The summed E-state index contributed by atoms with van der Waals surface area (Å²) in [4.78, 5) is 12.0. The summed E-state index contributed by atoms with van der Waals surface area (Å²) in [7, 11) is 0. The topological polar surface area (TPSA) is 17.1 Å². The lowest BCUT2D eigenvalue weighted by molar-refractivity contribution is -0.122. The Hall–Kier alpha value is -0.770. The van der Waals surface area contributed by atoms with Crippen molar-refractivity contribution in [1.82, 2.24) is 0 Å². The van der Waals surface area contributed by atoms with E-state index in [1.54, 1.807) is 0 Å². The van der Waals surface area contributed by atoms with Crippen LogP contribution in [0, 0.1) is 28.6 Å². The van der Waals surface area contributed by atoms with Gasteiger partial charge in [0, 0.05) is 18.8 Å². The number of hydrogen-bond acceptors (Lipinski definition) is 1. The van der Waals surface area contributed by atoms with Crippen molar-refractivity contribution in [3.05, 3.63) is 0 Å². The smallest absolute Gasteiger partial charge is 0.138 e. The molecule has 0 aliphatic heterocycles. The zero-order chi connectivity index (χ0) is 11.1. The highest BCUT2D eigenvalue weighted by molar-refractivity contribution is 5.86. The fraction of sp³-hybridized carbons (Fsp3) is 0.786.